The molecule has 1 saturated heterocycles. The number of nitrogens with zero attached hydrogens (tertiary/aromatic N) is 2. The molecule has 1 N–H and O–H groups in total. The van der Waals surface area contributed by atoms with Gasteiger partial charge in [0.05, 0.1) is 6.42 Å². The molecule has 15 heavy (non-hydrogen) atoms. The Morgan fingerprint density at radius 2 is 2.20 bits per heavy atom. The zero-order chi connectivity index (χ0) is 11.3. The van der Waals surface area contributed by atoms with Crippen molar-refractivity contribution in [2.75, 3.05) is 33.2 Å². The highest BCUT2D eigenvalue weighted by Gasteiger charge is 2.21. The van der Waals surface area contributed by atoms with Crippen LogP contribution in [-0.4, -0.2) is 60.1 Å². The highest BCUT2D eigenvalue weighted by atomic mass is 16.4. The molecule has 0 amide bonds. The van der Waals surface area contributed by atoms with Gasteiger partial charge in [-0.15, -0.1) is 0 Å². The van der Waals surface area contributed by atoms with E-state index in [1.165, 1.54) is 0 Å². The molecule has 0 radical (unpaired) electrons. The minimum absolute atomic E-state index is 0.264. The van der Waals surface area contributed by atoms with Crippen LogP contribution in [0.3, 0.4) is 0 Å². The molecule has 1 fully saturated rings. The van der Waals surface area contributed by atoms with Gasteiger partial charge >= 0.3 is 5.97 Å². The molecular formula is C11H22N2O2. The third-order valence-electron chi connectivity index (χ3n) is 3.11. The third kappa shape index (κ3) is 4.18. The Morgan fingerprint density at radius 1 is 1.47 bits per heavy atom. The molecular weight excluding hydrogens is 192 g/mol. The number of carboxylic acids is 1. The number of aliphatic carboxylic acids is 1. The average molecular weight is 214 g/mol. The zero-order valence-electron chi connectivity index (χ0n) is 9.78. The number of likely N-dealkylation sites (N-methyl/N-ethyl adjacent to an activating group) is 1. The Bertz CT molecular complexity index is 209. The molecule has 0 aromatic carbocycles. The lowest BCUT2D eigenvalue weighted by molar-refractivity contribution is -0.137. The Hall–Kier alpha value is -0.610. The van der Waals surface area contributed by atoms with Crippen LogP contribution in [0.25, 0.3) is 0 Å². The summed E-state index contributed by atoms with van der Waals surface area (Å²) in [6, 6.07) is 0.525. The lowest BCUT2D eigenvalue weighted by atomic mass is 10.2. The van der Waals surface area contributed by atoms with Crippen molar-refractivity contribution >= 4 is 5.97 Å². The van der Waals surface area contributed by atoms with Gasteiger partial charge in [-0.3, -0.25) is 9.69 Å². The van der Waals surface area contributed by atoms with E-state index >= 15 is 0 Å². The summed E-state index contributed by atoms with van der Waals surface area (Å²) in [5, 5.41) is 8.69. The zero-order valence-corrected chi connectivity index (χ0v) is 9.78. The van der Waals surface area contributed by atoms with Gasteiger partial charge in [0, 0.05) is 19.1 Å². The quantitative estimate of drug-likeness (QED) is 0.754. The number of carbonyl (C=O) groups is 1. The summed E-state index contributed by atoms with van der Waals surface area (Å²) in [6.07, 6.45) is 2.51. The van der Waals surface area contributed by atoms with Crippen LogP contribution in [0.1, 0.15) is 26.2 Å². The van der Waals surface area contributed by atoms with E-state index in [1.54, 1.807) is 0 Å². The molecule has 1 rings (SSSR count). The monoisotopic (exact) mass is 214 g/mol. The molecule has 0 aromatic rings. The Balaban J connectivity index is 2.47. The molecule has 1 aliphatic rings. The van der Waals surface area contributed by atoms with Gasteiger partial charge in [0.25, 0.3) is 0 Å². The lowest BCUT2D eigenvalue weighted by Crippen LogP contribution is -2.40. The SMILES string of the molecule is CCC1CN(C)CCCN1CCC(=O)O. The highest BCUT2D eigenvalue weighted by molar-refractivity contribution is 5.66. The summed E-state index contributed by atoms with van der Waals surface area (Å²) in [5.41, 5.74) is 0. The molecule has 4 nitrogen and oxygen atoms in total. The molecule has 4 heteroatoms. The van der Waals surface area contributed by atoms with E-state index in [4.69, 9.17) is 5.11 Å². The van der Waals surface area contributed by atoms with Crippen molar-refractivity contribution in [1.29, 1.82) is 0 Å². The first-order valence-corrected chi connectivity index (χ1v) is 5.78. The number of carboxylic acid groups (broad SMARTS) is 1. The van der Waals surface area contributed by atoms with Crippen LogP contribution in [0.15, 0.2) is 0 Å². The van der Waals surface area contributed by atoms with Gasteiger partial charge in [-0.1, -0.05) is 6.92 Å². The second-order valence-electron chi connectivity index (χ2n) is 4.36. The van der Waals surface area contributed by atoms with Crippen LogP contribution in [0.2, 0.25) is 0 Å². The molecule has 0 bridgehead atoms. The number of hydrogen-bond acceptors (Lipinski definition) is 3. The van der Waals surface area contributed by atoms with E-state index in [1.807, 2.05) is 0 Å². The molecule has 0 saturated carbocycles. The summed E-state index contributed by atoms with van der Waals surface area (Å²) in [4.78, 5) is 15.2. The fourth-order valence-electron chi connectivity index (χ4n) is 2.21. The van der Waals surface area contributed by atoms with E-state index in [0.29, 0.717) is 12.6 Å². The van der Waals surface area contributed by atoms with Crippen LogP contribution in [-0.2, 0) is 4.79 Å². The smallest absolute Gasteiger partial charge is 0.304 e. The van der Waals surface area contributed by atoms with Crippen molar-refractivity contribution in [2.45, 2.75) is 32.2 Å². The van der Waals surface area contributed by atoms with Crippen LogP contribution in [0.5, 0.6) is 0 Å². The Morgan fingerprint density at radius 3 is 2.80 bits per heavy atom. The van der Waals surface area contributed by atoms with Crippen molar-refractivity contribution in [1.82, 2.24) is 9.80 Å². The molecule has 0 aliphatic carbocycles. The fraction of sp³-hybridized carbons (Fsp3) is 0.909. The van der Waals surface area contributed by atoms with E-state index in [2.05, 4.69) is 23.8 Å². The largest absolute Gasteiger partial charge is 0.481 e. The fourth-order valence-corrected chi connectivity index (χ4v) is 2.21. The summed E-state index contributed by atoms with van der Waals surface area (Å²) in [6.45, 7) is 6.10. The summed E-state index contributed by atoms with van der Waals surface area (Å²) in [7, 11) is 2.14. The second-order valence-corrected chi connectivity index (χ2v) is 4.36. The van der Waals surface area contributed by atoms with Crippen LogP contribution < -0.4 is 0 Å². The molecule has 1 aliphatic heterocycles. The molecule has 0 spiro atoms. The Kier molecular flexibility index (Phi) is 5.05. The molecule has 1 unspecified atom stereocenters. The van der Waals surface area contributed by atoms with Crippen LogP contribution in [0.4, 0.5) is 0 Å². The first-order chi connectivity index (χ1) is 7.13. The van der Waals surface area contributed by atoms with Gasteiger partial charge in [0.15, 0.2) is 0 Å². The van der Waals surface area contributed by atoms with Crippen molar-refractivity contribution in [3.63, 3.8) is 0 Å². The summed E-state index contributed by atoms with van der Waals surface area (Å²) >= 11 is 0. The third-order valence-corrected chi connectivity index (χ3v) is 3.11. The predicted molar refractivity (Wildman–Crippen MR) is 60.0 cm³/mol. The van der Waals surface area contributed by atoms with Gasteiger partial charge < -0.3 is 10.0 Å². The maximum atomic E-state index is 10.6. The van der Waals surface area contributed by atoms with E-state index in [9.17, 15) is 4.79 Å². The molecule has 88 valence electrons. The molecule has 0 aromatic heterocycles. The second kappa shape index (κ2) is 6.08. The maximum absolute atomic E-state index is 10.6. The van der Waals surface area contributed by atoms with Crippen molar-refractivity contribution < 1.29 is 9.90 Å². The van der Waals surface area contributed by atoms with Crippen molar-refractivity contribution in [3.8, 4) is 0 Å². The topological polar surface area (TPSA) is 43.8 Å². The van der Waals surface area contributed by atoms with Crippen LogP contribution in [0, 0.1) is 0 Å². The highest BCUT2D eigenvalue weighted by Crippen LogP contribution is 2.12. The van der Waals surface area contributed by atoms with Gasteiger partial charge in [0.2, 0.25) is 0 Å². The van der Waals surface area contributed by atoms with Crippen LogP contribution >= 0.6 is 0 Å². The first kappa shape index (κ1) is 12.5. The molecule has 1 atom stereocenters. The van der Waals surface area contributed by atoms with E-state index in [0.717, 1.165) is 32.5 Å². The lowest BCUT2D eigenvalue weighted by Gasteiger charge is -2.29. The first-order valence-electron chi connectivity index (χ1n) is 5.78. The van der Waals surface area contributed by atoms with E-state index in [-0.39, 0.29) is 6.42 Å². The van der Waals surface area contributed by atoms with E-state index < -0.39 is 5.97 Å². The van der Waals surface area contributed by atoms with Gasteiger partial charge in [-0.05, 0) is 33.0 Å². The van der Waals surface area contributed by atoms with Gasteiger partial charge in [0.1, 0.15) is 0 Å². The predicted octanol–water partition coefficient (Wildman–Crippen LogP) is 0.877. The minimum Gasteiger partial charge on any atom is -0.481 e. The normalized spacial score (nSPS) is 25.1. The van der Waals surface area contributed by atoms with Crippen molar-refractivity contribution in [2.24, 2.45) is 0 Å². The van der Waals surface area contributed by atoms with Gasteiger partial charge in [-0.25, -0.2) is 0 Å². The number of rotatable bonds is 4. The standard InChI is InChI=1S/C11H22N2O2/c1-3-10-9-12(2)6-4-7-13(10)8-5-11(14)15/h10H,3-9H2,1-2H3,(H,14,15). The Labute approximate surface area is 91.9 Å². The van der Waals surface area contributed by atoms with Crippen molar-refractivity contribution in [3.05, 3.63) is 0 Å². The summed E-state index contributed by atoms with van der Waals surface area (Å²) < 4.78 is 0. The maximum Gasteiger partial charge on any atom is 0.304 e. The van der Waals surface area contributed by atoms with Gasteiger partial charge in [-0.2, -0.15) is 0 Å². The number of hydrogen-bond donors (Lipinski definition) is 1. The average Bonchev–Trinajstić information content (AvgIpc) is 2.36. The minimum atomic E-state index is -0.692. The molecule has 1 heterocycles. The summed E-state index contributed by atoms with van der Waals surface area (Å²) in [5.74, 6) is -0.692.